The van der Waals surface area contributed by atoms with E-state index in [-0.39, 0.29) is 23.0 Å². The average Bonchev–Trinajstić information content (AvgIpc) is 2.58. The van der Waals surface area contributed by atoms with E-state index in [1.165, 1.54) is 25.4 Å². The van der Waals surface area contributed by atoms with Gasteiger partial charge in [-0.2, -0.15) is 13.2 Å². The first kappa shape index (κ1) is 20.2. The van der Waals surface area contributed by atoms with Crippen LogP contribution in [0.4, 0.5) is 13.2 Å². The van der Waals surface area contributed by atoms with E-state index in [0.717, 1.165) is 12.1 Å². The fraction of sp³-hybridized carbons (Fsp3) is 0.188. The Balaban J connectivity index is 2.23. The smallest absolute Gasteiger partial charge is 0.399 e. The third-order valence-electron chi connectivity index (χ3n) is 3.18. The van der Waals surface area contributed by atoms with Crippen molar-refractivity contribution in [3.05, 3.63) is 62.8 Å². The zero-order valence-corrected chi connectivity index (χ0v) is 15.6. The number of carbonyl (C=O) groups is 1. The zero-order chi connectivity index (χ0) is 19.3. The van der Waals surface area contributed by atoms with Crippen molar-refractivity contribution in [2.75, 3.05) is 13.7 Å². The van der Waals surface area contributed by atoms with Gasteiger partial charge in [0.25, 0.3) is 5.91 Å². The van der Waals surface area contributed by atoms with E-state index in [1.54, 1.807) is 6.07 Å². The second kappa shape index (κ2) is 8.50. The lowest BCUT2D eigenvalue weighted by molar-refractivity contribution is -0.137. The molecule has 0 aliphatic rings. The summed E-state index contributed by atoms with van der Waals surface area (Å²) >= 11 is 9.30. The predicted octanol–water partition coefficient (Wildman–Crippen LogP) is 4.30. The highest BCUT2D eigenvalue weighted by Crippen LogP contribution is 2.31. The van der Waals surface area contributed by atoms with Gasteiger partial charge >= 0.3 is 6.18 Å². The summed E-state index contributed by atoms with van der Waals surface area (Å²) in [5.74, 6) is -0.907. The van der Waals surface area contributed by atoms with Crippen molar-refractivity contribution in [2.24, 2.45) is 5.16 Å². The molecule has 2 rings (SSSR count). The predicted molar refractivity (Wildman–Crippen MR) is 94.3 cm³/mol. The SMILES string of the molecule is CON=C(CNC(=O)c1ccccc1C(F)(F)F)c1ncc(Br)cc1Cl. The number of amides is 1. The molecule has 5 nitrogen and oxygen atoms in total. The second-order valence-corrected chi connectivity index (χ2v) is 6.25. The number of aromatic nitrogens is 1. The van der Waals surface area contributed by atoms with Gasteiger partial charge in [0, 0.05) is 10.7 Å². The van der Waals surface area contributed by atoms with E-state index >= 15 is 0 Å². The molecular formula is C16H12BrClF3N3O2. The van der Waals surface area contributed by atoms with E-state index in [2.05, 4.69) is 31.4 Å². The van der Waals surface area contributed by atoms with Crippen LogP contribution in [0.15, 0.2) is 46.2 Å². The molecule has 138 valence electrons. The largest absolute Gasteiger partial charge is 0.417 e. The lowest BCUT2D eigenvalue weighted by atomic mass is 10.1. The highest BCUT2D eigenvalue weighted by Gasteiger charge is 2.34. The molecule has 1 aromatic heterocycles. The molecule has 26 heavy (non-hydrogen) atoms. The van der Waals surface area contributed by atoms with Gasteiger partial charge in [0.15, 0.2) is 0 Å². The molecule has 0 saturated heterocycles. The molecule has 0 spiro atoms. The number of halogens is 5. The maximum Gasteiger partial charge on any atom is 0.417 e. The quantitative estimate of drug-likeness (QED) is 0.546. The Morgan fingerprint density at radius 3 is 2.69 bits per heavy atom. The number of hydrogen-bond donors (Lipinski definition) is 1. The fourth-order valence-electron chi connectivity index (χ4n) is 2.08. The Bertz CT molecular complexity index is 844. The molecule has 10 heteroatoms. The summed E-state index contributed by atoms with van der Waals surface area (Å²) in [4.78, 5) is 21.0. The summed E-state index contributed by atoms with van der Waals surface area (Å²) < 4.78 is 39.7. The van der Waals surface area contributed by atoms with E-state index in [1.807, 2.05) is 0 Å². The number of nitrogens with zero attached hydrogens (tertiary/aromatic N) is 2. The second-order valence-electron chi connectivity index (χ2n) is 4.93. The summed E-state index contributed by atoms with van der Waals surface area (Å²) in [5.41, 5.74) is -1.13. The van der Waals surface area contributed by atoms with Gasteiger partial charge < -0.3 is 10.2 Å². The van der Waals surface area contributed by atoms with Gasteiger partial charge in [-0.25, -0.2) is 0 Å². The first-order chi connectivity index (χ1) is 12.2. The van der Waals surface area contributed by atoms with Gasteiger partial charge in [-0.15, -0.1) is 0 Å². The van der Waals surface area contributed by atoms with Gasteiger partial charge in [0.1, 0.15) is 18.5 Å². The number of rotatable bonds is 5. The van der Waals surface area contributed by atoms with Crippen LogP contribution in [0.5, 0.6) is 0 Å². The molecule has 0 radical (unpaired) electrons. The molecule has 1 N–H and O–H groups in total. The minimum absolute atomic E-state index is 0.155. The number of carbonyl (C=O) groups excluding carboxylic acids is 1. The molecular weight excluding hydrogens is 439 g/mol. The minimum Gasteiger partial charge on any atom is -0.399 e. The molecule has 2 aromatic rings. The van der Waals surface area contributed by atoms with Crippen LogP contribution in [0.1, 0.15) is 21.6 Å². The number of pyridine rings is 1. The highest BCUT2D eigenvalue weighted by molar-refractivity contribution is 9.10. The van der Waals surface area contributed by atoms with Crippen molar-refractivity contribution >= 4 is 39.1 Å². The van der Waals surface area contributed by atoms with Gasteiger partial charge in [0.2, 0.25) is 0 Å². The lowest BCUT2D eigenvalue weighted by Gasteiger charge is -2.13. The summed E-state index contributed by atoms with van der Waals surface area (Å²) in [7, 11) is 1.29. The average molecular weight is 451 g/mol. The third-order valence-corrected chi connectivity index (χ3v) is 3.90. The third kappa shape index (κ3) is 4.95. The maximum atomic E-state index is 13.0. The van der Waals surface area contributed by atoms with Crippen molar-refractivity contribution in [1.29, 1.82) is 0 Å². The Morgan fingerprint density at radius 1 is 1.38 bits per heavy atom. The van der Waals surface area contributed by atoms with Crippen LogP contribution in [-0.4, -0.2) is 30.3 Å². The van der Waals surface area contributed by atoms with E-state index < -0.39 is 23.2 Å². The first-order valence-corrected chi connectivity index (χ1v) is 8.27. The molecule has 1 amide bonds. The van der Waals surface area contributed by atoms with Crippen LogP contribution in [-0.2, 0) is 11.0 Å². The normalized spacial score (nSPS) is 12.0. The number of nitrogens with one attached hydrogen (secondary N) is 1. The zero-order valence-electron chi connectivity index (χ0n) is 13.3. The van der Waals surface area contributed by atoms with Crippen LogP contribution in [0, 0.1) is 0 Å². The van der Waals surface area contributed by atoms with E-state index in [0.29, 0.717) is 4.47 Å². The summed E-state index contributed by atoms with van der Waals surface area (Å²) in [5, 5.41) is 6.35. The van der Waals surface area contributed by atoms with Crippen molar-refractivity contribution < 1.29 is 22.8 Å². The van der Waals surface area contributed by atoms with Gasteiger partial charge in [-0.1, -0.05) is 28.9 Å². The van der Waals surface area contributed by atoms with E-state index in [9.17, 15) is 18.0 Å². The molecule has 0 atom stereocenters. The van der Waals surface area contributed by atoms with Crippen LogP contribution >= 0.6 is 27.5 Å². The van der Waals surface area contributed by atoms with Crippen LogP contribution in [0.2, 0.25) is 5.02 Å². The fourth-order valence-corrected chi connectivity index (χ4v) is 2.82. The van der Waals surface area contributed by atoms with Crippen molar-refractivity contribution in [2.45, 2.75) is 6.18 Å². The monoisotopic (exact) mass is 449 g/mol. The Labute approximate surface area is 160 Å². The summed E-state index contributed by atoms with van der Waals surface area (Å²) in [6.45, 7) is -0.229. The first-order valence-electron chi connectivity index (χ1n) is 7.10. The summed E-state index contributed by atoms with van der Waals surface area (Å²) in [6.07, 6.45) is -3.18. The van der Waals surface area contributed by atoms with Crippen molar-refractivity contribution in [3.8, 4) is 0 Å². The van der Waals surface area contributed by atoms with Crippen molar-refractivity contribution in [3.63, 3.8) is 0 Å². The molecule has 0 aliphatic heterocycles. The van der Waals surface area contributed by atoms with Gasteiger partial charge in [-0.3, -0.25) is 9.78 Å². The highest BCUT2D eigenvalue weighted by atomic mass is 79.9. The van der Waals surface area contributed by atoms with Crippen LogP contribution < -0.4 is 5.32 Å². The number of hydrogen-bond acceptors (Lipinski definition) is 4. The Hall–Kier alpha value is -2.13. The lowest BCUT2D eigenvalue weighted by Crippen LogP contribution is -2.32. The topological polar surface area (TPSA) is 63.6 Å². The molecule has 1 heterocycles. The van der Waals surface area contributed by atoms with E-state index in [4.69, 9.17) is 16.4 Å². The summed E-state index contributed by atoms with van der Waals surface area (Å²) in [6, 6.07) is 6.06. The molecule has 0 aliphatic carbocycles. The Kier molecular flexibility index (Phi) is 6.60. The van der Waals surface area contributed by atoms with Crippen LogP contribution in [0.25, 0.3) is 0 Å². The van der Waals surface area contributed by atoms with Crippen molar-refractivity contribution in [1.82, 2.24) is 10.3 Å². The van der Waals surface area contributed by atoms with Gasteiger partial charge in [-0.05, 0) is 34.1 Å². The minimum atomic E-state index is -4.64. The molecule has 0 unspecified atom stereocenters. The molecule has 0 bridgehead atoms. The number of benzene rings is 1. The molecule has 0 fully saturated rings. The Morgan fingerprint density at radius 2 is 2.08 bits per heavy atom. The van der Waals surface area contributed by atoms with Crippen LogP contribution in [0.3, 0.4) is 0 Å². The standard InChI is InChI=1S/C16H12BrClF3N3O2/c1-26-24-13(14-12(18)6-9(17)7-22-14)8-23-15(25)10-4-2-3-5-11(10)16(19,20)21/h2-7H,8H2,1H3,(H,23,25). The van der Waals surface area contributed by atoms with Gasteiger partial charge in [0.05, 0.1) is 22.7 Å². The molecule has 1 aromatic carbocycles. The number of alkyl halides is 3. The number of oxime groups is 1. The maximum absolute atomic E-state index is 13.0. The molecule has 0 saturated carbocycles.